The molecule has 0 saturated heterocycles. The second-order valence-electron chi connectivity index (χ2n) is 7.58. The number of nitrogens with zero attached hydrogens (tertiary/aromatic N) is 5. The summed E-state index contributed by atoms with van der Waals surface area (Å²) in [5.41, 5.74) is 3.02. The third-order valence-corrected chi connectivity index (χ3v) is 6.12. The van der Waals surface area contributed by atoms with Crippen LogP contribution in [0.5, 0.6) is 0 Å². The van der Waals surface area contributed by atoms with Crippen LogP contribution in [0.4, 0.5) is 18.9 Å². The van der Waals surface area contributed by atoms with Gasteiger partial charge in [-0.3, -0.25) is 9.20 Å². The van der Waals surface area contributed by atoms with Crippen LogP contribution >= 0.6 is 11.8 Å². The molecular formula is C23H17F3N6OS. The normalized spacial score (nSPS) is 11.9. The number of hydrogen-bond acceptors (Lipinski definition) is 5. The highest BCUT2D eigenvalue weighted by Gasteiger charge is 2.33. The Balaban J connectivity index is 1.35. The zero-order chi connectivity index (χ0) is 23.9. The van der Waals surface area contributed by atoms with Gasteiger partial charge >= 0.3 is 6.18 Å². The molecule has 34 heavy (non-hydrogen) atoms. The van der Waals surface area contributed by atoms with Crippen molar-refractivity contribution in [1.29, 1.82) is 0 Å². The van der Waals surface area contributed by atoms with E-state index in [0.29, 0.717) is 10.8 Å². The molecule has 0 fully saturated rings. The topological polar surface area (TPSA) is 76.6 Å². The largest absolute Gasteiger partial charge is 0.418 e. The van der Waals surface area contributed by atoms with Crippen LogP contribution in [-0.2, 0) is 11.0 Å². The number of halogens is 3. The molecule has 0 aliphatic carbocycles. The van der Waals surface area contributed by atoms with Crippen molar-refractivity contribution < 1.29 is 18.0 Å². The zero-order valence-corrected chi connectivity index (χ0v) is 18.6. The van der Waals surface area contributed by atoms with Crippen LogP contribution in [-0.4, -0.2) is 35.9 Å². The van der Waals surface area contributed by atoms with Gasteiger partial charge in [-0.05, 0) is 25.1 Å². The maximum absolute atomic E-state index is 13.2. The SMILES string of the molecule is Cc1ccc(-c2cc3c4nnc(SCC(=O)Nc5ccccc5C(F)(F)F)n4ccn3n2)cc1. The molecule has 5 rings (SSSR count). The Morgan fingerprint density at radius 2 is 1.82 bits per heavy atom. The quantitative estimate of drug-likeness (QED) is 0.353. The number of aromatic nitrogens is 5. The lowest BCUT2D eigenvalue weighted by molar-refractivity contribution is -0.137. The van der Waals surface area contributed by atoms with Gasteiger partial charge in [0, 0.05) is 18.0 Å². The lowest BCUT2D eigenvalue weighted by Gasteiger charge is -2.13. The van der Waals surface area contributed by atoms with E-state index >= 15 is 0 Å². The number of thioether (sulfide) groups is 1. The molecule has 3 heterocycles. The van der Waals surface area contributed by atoms with Gasteiger partial charge in [-0.15, -0.1) is 10.2 Å². The van der Waals surface area contributed by atoms with Gasteiger partial charge in [-0.2, -0.15) is 18.3 Å². The number of hydrogen-bond donors (Lipinski definition) is 1. The second kappa shape index (κ2) is 8.49. The number of carbonyl (C=O) groups is 1. The van der Waals surface area contributed by atoms with E-state index in [1.54, 1.807) is 21.3 Å². The molecule has 0 aliphatic heterocycles. The number of carbonyl (C=O) groups excluding carboxylic acids is 1. The van der Waals surface area contributed by atoms with E-state index in [0.717, 1.165) is 40.2 Å². The lowest BCUT2D eigenvalue weighted by Crippen LogP contribution is -2.18. The molecule has 3 aromatic heterocycles. The monoisotopic (exact) mass is 482 g/mol. The summed E-state index contributed by atoms with van der Waals surface area (Å²) in [4.78, 5) is 12.3. The van der Waals surface area contributed by atoms with Crippen molar-refractivity contribution in [1.82, 2.24) is 24.2 Å². The maximum Gasteiger partial charge on any atom is 0.418 e. The van der Waals surface area contributed by atoms with Crippen LogP contribution in [0.3, 0.4) is 0 Å². The molecule has 0 unspecified atom stereocenters. The van der Waals surface area contributed by atoms with E-state index < -0.39 is 17.6 Å². The zero-order valence-electron chi connectivity index (χ0n) is 17.7. The summed E-state index contributed by atoms with van der Waals surface area (Å²) in [6, 6.07) is 14.8. The number of fused-ring (bicyclic) bond motifs is 3. The second-order valence-corrected chi connectivity index (χ2v) is 8.52. The average Bonchev–Trinajstić information content (AvgIpc) is 3.42. The lowest BCUT2D eigenvalue weighted by atomic mass is 10.1. The Morgan fingerprint density at radius 3 is 2.59 bits per heavy atom. The van der Waals surface area contributed by atoms with Gasteiger partial charge in [0.15, 0.2) is 10.8 Å². The summed E-state index contributed by atoms with van der Waals surface area (Å²) < 4.78 is 42.9. The van der Waals surface area contributed by atoms with Gasteiger partial charge in [0.25, 0.3) is 0 Å². The molecule has 11 heteroatoms. The van der Waals surface area contributed by atoms with Crippen molar-refractivity contribution in [2.24, 2.45) is 0 Å². The fourth-order valence-corrected chi connectivity index (χ4v) is 4.23. The van der Waals surface area contributed by atoms with Crippen molar-refractivity contribution in [3.63, 3.8) is 0 Å². The van der Waals surface area contributed by atoms with E-state index in [1.807, 2.05) is 37.3 Å². The average molecular weight is 482 g/mol. The van der Waals surface area contributed by atoms with Crippen LogP contribution < -0.4 is 5.32 Å². The molecular weight excluding hydrogens is 465 g/mol. The van der Waals surface area contributed by atoms with Gasteiger partial charge in [0.1, 0.15) is 5.52 Å². The number of nitrogens with one attached hydrogen (secondary N) is 1. The highest BCUT2D eigenvalue weighted by molar-refractivity contribution is 7.99. The van der Waals surface area contributed by atoms with Crippen molar-refractivity contribution >= 4 is 34.5 Å². The summed E-state index contributed by atoms with van der Waals surface area (Å²) in [5, 5.41) is 15.7. The van der Waals surface area contributed by atoms with Crippen molar-refractivity contribution in [3.05, 3.63) is 78.1 Å². The third-order valence-electron chi connectivity index (χ3n) is 5.17. The minimum Gasteiger partial charge on any atom is -0.325 e. The Morgan fingerprint density at radius 1 is 1.06 bits per heavy atom. The smallest absolute Gasteiger partial charge is 0.325 e. The molecule has 0 spiro atoms. The van der Waals surface area contributed by atoms with Crippen LogP contribution in [0.15, 0.2) is 72.1 Å². The third kappa shape index (κ3) is 4.21. The van der Waals surface area contributed by atoms with Crippen molar-refractivity contribution in [3.8, 4) is 11.3 Å². The minimum atomic E-state index is -4.56. The first-order chi connectivity index (χ1) is 16.3. The van der Waals surface area contributed by atoms with E-state index in [4.69, 9.17) is 0 Å². The van der Waals surface area contributed by atoms with Gasteiger partial charge in [0.2, 0.25) is 5.91 Å². The first-order valence-electron chi connectivity index (χ1n) is 10.2. The first-order valence-corrected chi connectivity index (χ1v) is 11.2. The summed E-state index contributed by atoms with van der Waals surface area (Å²) in [6.07, 6.45) is -1.07. The minimum absolute atomic E-state index is 0.133. The van der Waals surface area contributed by atoms with Crippen molar-refractivity contribution in [2.75, 3.05) is 11.1 Å². The molecule has 0 atom stereocenters. The van der Waals surface area contributed by atoms with Crippen LogP contribution in [0.25, 0.3) is 22.4 Å². The molecule has 1 N–H and O–H groups in total. The predicted octanol–water partition coefficient (Wildman–Crippen LogP) is 5.10. The molecule has 0 radical (unpaired) electrons. The van der Waals surface area contributed by atoms with E-state index in [9.17, 15) is 18.0 Å². The first kappa shape index (κ1) is 22.0. The fraction of sp³-hybridized carbons (Fsp3) is 0.130. The number of aryl methyl sites for hydroxylation is 1. The number of alkyl halides is 3. The van der Waals surface area contributed by atoms with Crippen molar-refractivity contribution in [2.45, 2.75) is 18.3 Å². The Bertz CT molecular complexity index is 1510. The molecule has 0 aliphatic rings. The summed E-state index contributed by atoms with van der Waals surface area (Å²) in [6.45, 7) is 2.02. The highest BCUT2D eigenvalue weighted by atomic mass is 32.2. The molecule has 172 valence electrons. The number of para-hydroxylation sites is 1. The summed E-state index contributed by atoms with van der Waals surface area (Å²) in [7, 11) is 0. The molecule has 0 bridgehead atoms. The van der Waals surface area contributed by atoms with Gasteiger partial charge in [-0.25, -0.2) is 4.52 Å². The van der Waals surface area contributed by atoms with E-state index in [-0.39, 0.29) is 11.4 Å². The number of amides is 1. The number of anilines is 1. The Labute approximate surface area is 195 Å². The maximum atomic E-state index is 13.2. The number of benzene rings is 2. The van der Waals surface area contributed by atoms with Crippen LogP contribution in [0.1, 0.15) is 11.1 Å². The Hall–Kier alpha value is -3.86. The standard InChI is InChI=1S/C23H17F3N6OS/c1-14-6-8-15(9-7-14)18-12-19-21-28-29-22(31(21)10-11-32(19)30-18)34-13-20(33)27-17-5-3-2-4-16(17)23(24,25)26/h2-12H,13H2,1H3,(H,27,33). The van der Waals surface area contributed by atoms with Gasteiger partial charge in [-0.1, -0.05) is 53.7 Å². The Kier molecular flexibility index (Phi) is 5.48. The summed E-state index contributed by atoms with van der Waals surface area (Å²) in [5.74, 6) is -0.711. The predicted molar refractivity (Wildman–Crippen MR) is 123 cm³/mol. The molecule has 7 nitrogen and oxygen atoms in total. The van der Waals surface area contributed by atoms with E-state index in [1.165, 1.54) is 18.2 Å². The molecule has 5 aromatic rings. The number of rotatable bonds is 5. The summed E-state index contributed by atoms with van der Waals surface area (Å²) >= 11 is 1.08. The fourth-order valence-electron chi connectivity index (χ4n) is 3.51. The van der Waals surface area contributed by atoms with Crippen LogP contribution in [0, 0.1) is 6.92 Å². The van der Waals surface area contributed by atoms with E-state index in [2.05, 4.69) is 20.6 Å². The molecule has 1 amide bonds. The molecule has 0 saturated carbocycles. The van der Waals surface area contributed by atoms with Crippen LogP contribution in [0.2, 0.25) is 0 Å². The van der Waals surface area contributed by atoms with Gasteiger partial charge < -0.3 is 5.32 Å². The molecule has 2 aromatic carbocycles. The van der Waals surface area contributed by atoms with Gasteiger partial charge in [0.05, 0.1) is 22.7 Å². The highest BCUT2D eigenvalue weighted by Crippen LogP contribution is 2.34.